The summed E-state index contributed by atoms with van der Waals surface area (Å²) < 4.78 is 40.7. The van der Waals surface area contributed by atoms with Crippen LogP contribution in [0.1, 0.15) is 22.5 Å². The zero-order valence-corrected chi connectivity index (χ0v) is 17.1. The molecule has 0 aliphatic rings. The number of halogens is 3. The SMILES string of the molecule is Cc1nn(CC(=O)N(/N=C/c2ccccc2)c2cccc(C(F)(F)F)c2)c(C)c1[N+](=O)[O-]. The van der Waals surface area contributed by atoms with Crippen molar-refractivity contribution in [2.45, 2.75) is 26.6 Å². The zero-order chi connectivity index (χ0) is 23.5. The van der Waals surface area contributed by atoms with Crippen LogP contribution in [-0.2, 0) is 17.5 Å². The number of hydrogen-bond donors (Lipinski definition) is 0. The molecule has 2 aromatic carbocycles. The summed E-state index contributed by atoms with van der Waals surface area (Å²) in [5.41, 5.74) is -0.372. The predicted octanol–water partition coefficient (Wildman–Crippen LogP) is 4.49. The van der Waals surface area contributed by atoms with Crippen LogP contribution < -0.4 is 5.01 Å². The Morgan fingerprint density at radius 3 is 2.47 bits per heavy atom. The monoisotopic (exact) mass is 445 g/mol. The summed E-state index contributed by atoms with van der Waals surface area (Å²) in [6.45, 7) is 2.42. The number of aromatic nitrogens is 2. The molecule has 166 valence electrons. The first-order chi connectivity index (χ1) is 15.1. The first-order valence-corrected chi connectivity index (χ1v) is 9.35. The van der Waals surface area contributed by atoms with Crippen LogP contribution in [0.15, 0.2) is 59.7 Å². The molecule has 1 aromatic heterocycles. The number of rotatable bonds is 6. The van der Waals surface area contributed by atoms with Gasteiger partial charge in [0, 0.05) is 0 Å². The normalized spacial score (nSPS) is 11.7. The van der Waals surface area contributed by atoms with Gasteiger partial charge in [-0.2, -0.15) is 28.4 Å². The van der Waals surface area contributed by atoms with Gasteiger partial charge in [-0.3, -0.25) is 19.6 Å². The van der Waals surface area contributed by atoms with Crippen LogP contribution in [-0.4, -0.2) is 26.8 Å². The standard InChI is InChI=1S/C21H18F3N5O3/c1-14-20(29(31)32)15(2)27(26-14)13-19(30)28(25-12-16-7-4-3-5-8-16)18-10-6-9-17(11-18)21(22,23)24/h3-12H,13H2,1-2H3/b25-12+. The van der Waals surface area contributed by atoms with Crippen LogP contribution in [0.2, 0.25) is 0 Å². The molecule has 0 aliphatic carbocycles. The number of hydrazone groups is 1. The van der Waals surface area contributed by atoms with Crippen LogP contribution in [0.3, 0.4) is 0 Å². The van der Waals surface area contributed by atoms with E-state index in [2.05, 4.69) is 10.2 Å². The number of nitro groups is 1. The average molecular weight is 445 g/mol. The Hall–Kier alpha value is -4.02. The minimum absolute atomic E-state index is 0.104. The molecule has 1 heterocycles. The van der Waals surface area contributed by atoms with Crippen molar-refractivity contribution < 1.29 is 22.9 Å². The third kappa shape index (κ3) is 4.99. The fourth-order valence-corrected chi connectivity index (χ4v) is 3.05. The Balaban J connectivity index is 1.99. The second kappa shape index (κ2) is 9.00. The van der Waals surface area contributed by atoms with Crippen molar-refractivity contribution in [2.75, 3.05) is 5.01 Å². The minimum atomic E-state index is -4.61. The van der Waals surface area contributed by atoms with E-state index >= 15 is 0 Å². The maximum Gasteiger partial charge on any atom is 0.416 e. The van der Waals surface area contributed by atoms with Crippen molar-refractivity contribution >= 4 is 23.5 Å². The van der Waals surface area contributed by atoms with E-state index < -0.39 is 29.1 Å². The zero-order valence-electron chi connectivity index (χ0n) is 17.1. The Bertz CT molecular complexity index is 1170. The van der Waals surface area contributed by atoms with E-state index in [1.165, 1.54) is 32.2 Å². The first kappa shape index (κ1) is 22.7. The second-order valence-electron chi connectivity index (χ2n) is 6.84. The van der Waals surface area contributed by atoms with Gasteiger partial charge in [0.1, 0.15) is 17.9 Å². The second-order valence-corrected chi connectivity index (χ2v) is 6.84. The molecule has 0 saturated carbocycles. The fraction of sp³-hybridized carbons (Fsp3) is 0.190. The Morgan fingerprint density at radius 1 is 1.19 bits per heavy atom. The topological polar surface area (TPSA) is 93.6 Å². The summed E-state index contributed by atoms with van der Waals surface area (Å²) in [6, 6.07) is 12.9. The molecule has 0 fully saturated rings. The minimum Gasteiger partial charge on any atom is -0.270 e. The summed E-state index contributed by atoms with van der Waals surface area (Å²) in [5.74, 6) is -0.725. The predicted molar refractivity (Wildman–Crippen MR) is 111 cm³/mol. The highest BCUT2D eigenvalue weighted by Gasteiger charge is 2.31. The highest BCUT2D eigenvalue weighted by Crippen LogP contribution is 2.32. The van der Waals surface area contributed by atoms with Crippen LogP contribution in [0, 0.1) is 24.0 Å². The quantitative estimate of drug-likeness (QED) is 0.317. The summed E-state index contributed by atoms with van der Waals surface area (Å²) in [5, 5.41) is 20.2. The molecule has 3 aromatic rings. The Kier molecular flexibility index (Phi) is 6.37. The summed E-state index contributed by atoms with van der Waals surface area (Å²) in [7, 11) is 0. The van der Waals surface area contributed by atoms with Crippen molar-refractivity contribution in [1.29, 1.82) is 0 Å². The van der Waals surface area contributed by atoms with Crippen molar-refractivity contribution in [1.82, 2.24) is 9.78 Å². The molecule has 8 nitrogen and oxygen atoms in total. The van der Waals surface area contributed by atoms with E-state index in [0.717, 1.165) is 21.8 Å². The van der Waals surface area contributed by atoms with Gasteiger partial charge in [0.25, 0.3) is 5.91 Å². The van der Waals surface area contributed by atoms with E-state index in [0.29, 0.717) is 5.56 Å². The Morgan fingerprint density at radius 2 is 1.88 bits per heavy atom. The van der Waals surface area contributed by atoms with Crippen molar-refractivity contribution in [3.8, 4) is 0 Å². The van der Waals surface area contributed by atoms with Gasteiger partial charge in [-0.25, -0.2) is 0 Å². The third-order valence-corrected chi connectivity index (χ3v) is 4.59. The van der Waals surface area contributed by atoms with Crippen LogP contribution >= 0.6 is 0 Å². The number of hydrogen-bond acceptors (Lipinski definition) is 5. The molecule has 0 aliphatic heterocycles. The molecule has 0 radical (unpaired) electrons. The molecule has 0 atom stereocenters. The van der Waals surface area contributed by atoms with E-state index in [-0.39, 0.29) is 22.8 Å². The summed E-state index contributed by atoms with van der Waals surface area (Å²) >= 11 is 0. The van der Waals surface area contributed by atoms with Crippen molar-refractivity contribution in [3.63, 3.8) is 0 Å². The average Bonchev–Trinajstić information content (AvgIpc) is 3.01. The van der Waals surface area contributed by atoms with Gasteiger partial charge in [0.15, 0.2) is 0 Å². The lowest BCUT2D eigenvalue weighted by atomic mass is 10.2. The van der Waals surface area contributed by atoms with Crippen molar-refractivity contribution in [2.24, 2.45) is 5.10 Å². The van der Waals surface area contributed by atoms with E-state index in [1.54, 1.807) is 30.3 Å². The number of aryl methyl sites for hydroxylation is 1. The lowest BCUT2D eigenvalue weighted by molar-refractivity contribution is -0.386. The lowest BCUT2D eigenvalue weighted by Crippen LogP contribution is -2.30. The number of anilines is 1. The Labute approximate surface area is 180 Å². The molecule has 11 heteroatoms. The van der Waals surface area contributed by atoms with Gasteiger partial charge in [-0.05, 0) is 37.6 Å². The molecule has 0 spiro atoms. The van der Waals surface area contributed by atoms with Gasteiger partial charge in [0.2, 0.25) is 0 Å². The van der Waals surface area contributed by atoms with Gasteiger partial charge >= 0.3 is 11.9 Å². The molecular weight excluding hydrogens is 427 g/mol. The van der Waals surface area contributed by atoms with Crippen LogP contribution in [0.25, 0.3) is 0 Å². The number of carbonyl (C=O) groups is 1. The van der Waals surface area contributed by atoms with Gasteiger partial charge in [-0.1, -0.05) is 36.4 Å². The number of benzene rings is 2. The molecule has 0 N–H and O–H groups in total. The largest absolute Gasteiger partial charge is 0.416 e. The highest BCUT2D eigenvalue weighted by atomic mass is 19.4. The molecule has 3 rings (SSSR count). The van der Waals surface area contributed by atoms with Crippen molar-refractivity contribution in [3.05, 3.63) is 87.2 Å². The van der Waals surface area contributed by atoms with Gasteiger partial charge < -0.3 is 0 Å². The highest BCUT2D eigenvalue weighted by molar-refractivity contribution is 5.95. The maximum absolute atomic E-state index is 13.2. The number of amides is 1. The van der Waals surface area contributed by atoms with Gasteiger partial charge in [-0.15, -0.1) is 0 Å². The smallest absolute Gasteiger partial charge is 0.270 e. The molecule has 0 unspecified atom stereocenters. The first-order valence-electron chi connectivity index (χ1n) is 9.35. The van der Waals surface area contributed by atoms with E-state index in [4.69, 9.17) is 0 Å². The summed E-state index contributed by atoms with van der Waals surface area (Å²) in [4.78, 5) is 23.7. The number of alkyl halides is 3. The van der Waals surface area contributed by atoms with E-state index in [9.17, 15) is 28.1 Å². The maximum atomic E-state index is 13.2. The van der Waals surface area contributed by atoms with Crippen LogP contribution in [0.5, 0.6) is 0 Å². The van der Waals surface area contributed by atoms with Gasteiger partial charge in [0.05, 0.1) is 22.4 Å². The molecule has 0 bridgehead atoms. The summed E-state index contributed by atoms with van der Waals surface area (Å²) in [6.07, 6.45) is -3.27. The molecular formula is C21H18F3N5O3. The number of nitrogens with zero attached hydrogens (tertiary/aromatic N) is 5. The van der Waals surface area contributed by atoms with Crippen LogP contribution in [0.4, 0.5) is 24.5 Å². The molecule has 0 saturated heterocycles. The molecule has 1 amide bonds. The lowest BCUT2D eigenvalue weighted by Gasteiger charge is -2.19. The number of carbonyl (C=O) groups excluding carboxylic acids is 1. The van der Waals surface area contributed by atoms with E-state index in [1.807, 2.05) is 0 Å². The third-order valence-electron chi connectivity index (χ3n) is 4.59. The fourth-order valence-electron chi connectivity index (χ4n) is 3.05. The molecule has 32 heavy (non-hydrogen) atoms.